The average molecular weight is 259 g/mol. The number of nitrogens with zero attached hydrogens (tertiary/aromatic N) is 2. The fourth-order valence-electron chi connectivity index (χ4n) is 1.01. The zero-order chi connectivity index (χ0) is 10.6. The Labute approximate surface area is 90.5 Å². The Bertz CT molecular complexity index is 342. The molecule has 1 aromatic rings. The van der Waals surface area contributed by atoms with Crippen LogP contribution in [0.3, 0.4) is 0 Å². The Balaban J connectivity index is 2.89. The lowest BCUT2D eigenvalue weighted by Gasteiger charge is -2.01. The van der Waals surface area contributed by atoms with E-state index in [1.165, 1.54) is 6.20 Å². The largest absolute Gasteiger partial charge is 0.476 e. The van der Waals surface area contributed by atoms with Gasteiger partial charge in [0.15, 0.2) is 5.69 Å². The molecule has 0 aromatic carbocycles. The molecule has 0 amide bonds. The molecule has 0 fully saturated rings. The van der Waals surface area contributed by atoms with Gasteiger partial charge in [-0.25, -0.2) is 14.8 Å². The Hall–Kier alpha value is -0.970. The number of rotatable bonds is 4. The standard InChI is InChI=1S/C9H11BrN2O2/c1-2-3-4-7-11-5-6(10)8(12-7)9(13)14/h5H,2-4H2,1H3,(H,13,14). The molecule has 76 valence electrons. The van der Waals surface area contributed by atoms with Crippen molar-refractivity contribution in [2.45, 2.75) is 26.2 Å². The van der Waals surface area contributed by atoms with Gasteiger partial charge in [0.1, 0.15) is 5.82 Å². The highest BCUT2D eigenvalue weighted by Gasteiger charge is 2.11. The van der Waals surface area contributed by atoms with Crippen molar-refractivity contribution in [3.8, 4) is 0 Å². The first kappa shape index (κ1) is 11.1. The van der Waals surface area contributed by atoms with Gasteiger partial charge in [0.05, 0.1) is 4.47 Å². The van der Waals surface area contributed by atoms with Crippen molar-refractivity contribution in [1.82, 2.24) is 9.97 Å². The summed E-state index contributed by atoms with van der Waals surface area (Å²) < 4.78 is 0.422. The van der Waals surface area contributed by atoms with E-state index in [0.717, 1.165) is 19.3 Å². The van der Waals surface area contributed by atoms with Gasteiger partial charge < -0.3 is 5.11 Å². The summed E-state index contributed by atoms with van der Waals surface area (Å²) in [4.78, 5) is 18.7. The van der Waals surface area contributed by atoms with Crippen molar-refractivity contribution in [3.63, 3.8) is 0 Å². The third-order valence-corrected chi connectivity index (χ3v) is 2.33. The van der Waals surface area contributed by atoms with E-state index < -0.39 is 5.97 Å². The van der Waals surface area contributed by atoms with Crippen LogP contribution in [0.1, 0.15) is 36.1 Å². The lowest BCUT2D eigenvalue weighted by Crippen LogP contribution is -2.06. The highest BCUT2D eigenvalue weighted by molar-refractivity contribution is 9.10. The summed E-state index contributed by atoms with van der Waals surface area (Å²) in [6.07, 6.45) is 4.23. The van der Waals surface area contributed by atoms with E-state index in [-0.39, 0.29) is 5.69 Å². The first-order valence-corrected chi connectivity index (χ1v) is 5.19. The van der Waals surface area contributed by atoms with Crippen molar-refractivity contribution in [2.75, 3.05) is 0 Å². The lowest BCUT2D eigenvalue weighted by atomic mass is 10.2. The summed E-state index contributed by atoms with van der Waals surface area (Å²) in [6, 6.07) is 0. The van der Waals surface area contributed by atoms with Crippen LogP contribution in [0, 0.1) is 0 Å². The zero-order valence-corrected chi connectivity index (χ0v) is 9.41. The SMILES string of the molecule is CCCCc1ncc(Br)c(C(=O)O)n1. The molecule has 1 N–H and O–H groups in total. The predicted octanol–water partition coefficient (Wildman–Crippen LogP) is 2.28. The quantitative estimate of drug-likeness (QED) is 0.900. The number of unbranched alkanes of at least 4 members (excludes halogenated alkanes) is 1. The second-order valence-electron chi connectivity index (χ2n) is 2.89. The van der Waals surface area contributed by atoms with Crippen molar-refractivity contribution in [2.24, 2.45) is 0 Å². The van der Waals surface area contributed by atoms with Gasteiger partial charge in [-0.2, -0.15) is 0 Å². The molecular formula is C9H11BrN2O2. The summed E-state index contributed by atoms with van der Waals surface area (Å²) in [5.41, 5.74) is 0.0334. The molecule has 0 aliphatic heterocycles. The highest BCUT2D eigenvalue weighted by Crippen LogP contribution is 2.13. The summed E-state index contributed by atoms with van der Waals surface area (Å²) >= 11 is 3.09. The molecule has 0 saturated heterocycles. The number of aryl methyl sites for hydroxylation is 1. The number of halogens is 1. The van der Waals surface area contributed by atoms with Crippen LogP contribution in [-0.2, 0) is 6.42 Å². The van der Waals surface area contributed by atoms with E-state index in [1.807, 2.05) is 0 Å². The number of aromatic nitrogens is 2. The third kappa shape index (κ3) is 2.77. The van der Waals surface area contributed by atoms with Crippen molar-refractivity contribution >= 4 is 21.9 Å². The molecule has 0 bridgehead atoms. The molecule has 0 radical (unpaired) electrons. The van der Waals surface area contributed by atoms with Crippen LogP contribution in [0.4, 0.5) is 0 Å². The van der Waals surface area contributed by atoms with E-state index >= 15 is 0 Å². The first-order valence-electron chi connectivity index (χ1n) is 4.40. The minimum Gasteiger partial charge on any atom is -0.476 e. The van der Waals surface area contributed by atoms with Gasteiger partial charge in [0, 0.05) is 12.6 Å². The van der Waals surface area contributed by atoms with Crippen LogP contribution in [0.5, 0.6) is 0 Å². The number of carbonyl (C=O) groups is 1. The van der Waals surface area contributed by atoms with Crippen LogP contribution in [0.2, 0.25) is 0 Å². The minimum atomic E-state index is -1.03. The summed E-state index contributed by atoms with van der Waals surface area (Å²) in [6.45, 7) is 2.07. The van der Waals surface area contributed by atoms with Gasteiger partial charge >= 0.3 is 5.97 Å². The Kier molecular flexibility index (Phi) is 4.00. The van der Waals surface area contributed by atoms with Gasteiger partial charge in [-0.05, 0) is 22.4 Å². The minimum absolute atomic E-state index is 0.0334. The number of hydrogen-bond donors (Lipinski definition) is 1. The normalized spacial score (nSPS) is 10.1. The third-order valence-electron chi connectivity index (χ3n) is 1.75. The Morgan fingerprint density at radius 1 is 1.64 bits per heavy atom. The molecule has 1 rings (SSSR count). The van der Waals surface area contributed by atoms with E-state index in [1.54, 1.807) is 0 Å². The van der Waals surface area contributed by atoms with E-state index in [2.05, 4.69) is 32.8 Å². The molecular weight excluding hydrogens is 248 g/mol. The molecule has 14 heavy (non-hydrogen) atoms. The summed E-state index contributed by atoms with van der Waals surface area (Å²) in [5.74, 6) is -0.440. The topological polar surface area (TPSA) is 63.1 Å². The van der Waals surface area contributed by atoms with E-state index in [4.69, 9.17) is 5.11 Å². The van der Waals surface area contributed by atoms with Crippen molar-refractivity contribution < 1.29 is 9.90 Å². The van der Waals surface area contributed by atoms with Crippen molar-refractivity contribution in [1.29, 1.82) is 0 Å². The molecule has 1 aromatic heterocycles. The van der Waals surface area contributed by atoms with Gasteiger partial charge in [-0.15, -0.1) is 0 Å². The van der Waals surface area contributed by atoms with Crippen LogP contribution in [-0.4, -0.2) is 21.0 Å². The van der Waals surface area contributed by atoms with Crippen LogP contribution in [0.25, 0.3) is 0 Å². The smallest absolute Gasteiger partial charge is 0.355 e. The number of hydrogen-bond acceptors (Lipinski definition) is 3. The van der Waals surface area contributed by atoms with Gasteiger partial charge in [-0.1, -0.05) is 13.3 Å². The first-order chi connectivity index (χ1) is 6.65. The van der Waals surface area contributed by atoms with Gasteiger partial charge in [0.2, 0.25) is 0 Å². The molecule has 4 nitrogen and oxygen atoms in total. The fraction of sp³-hybridized carbons (Fsp3) is 0.444. The molecule has 0 atom stereocenters. The van der Waals surface area contributed by atoms with E-state index in [9.17, 15) is 4.79 Å². The summed E-state index contributed by atoms with van der Waals surface area (Å²) in [5, 5.41) is 8.80. The molecule has 1 heterocycles. The molecule has 0 saturated carbocycles. The molecule has 0 aliphatic rings. The maximum Gasteiger partial charge on any atom is 0.355 e. The maximum absolute atomic E-state index is 10.7. The van der Waals surface area contributed by atoms with Crippen LogP contribution < -0.4 is 0 Å². The number of carboxylic acids is 1. The van der Waals surface area contributed by atoms with Gasteiger partial charge in [0.25, 0.3) is 0 Å². The molecule has 0 spiro atoms. The Morgan fingerprint density at radius 3 is 2.93 bits per heavy atom. The van der Waals surface area contributed by atoms with Crippen LogP contribution >= 0.6 is 15.9 Å². The monoisotopic (exact) mass is 258 g/mol. The second-order valence-corrected chi connectivity index (χ2v) is 3.75. The van der Waals surface area contributed by atoms with E-state index in [0.29, 0.717) is 10.3 Å². The molecule has 5 heteroatoms. The lowest BCUT2D eigenvalue weighted by molar-refractivity contribution is 0.0688. The predicted molar refractivity (Wildman–Crippen MR) is 55.3 cm³/mol. The van der Waals surface area contributed by atoms with Crippen LogP contribution in [0.15, 0.2) is 10.7 Å². The molecule has 0 aliphatic carbocycles. The summed E-state index contributed by atoms with van der Waals surface area (Å²) in [7, 11) is 0. The number of aromatic carboxylic acids is 1. The fourth-order valence-corrected chi connectivity index (χ4v) is 1.37. The second kappa shape index (κ2) is 5.05. The van der Waals surface area contributed by atoms with Crippen molar-refractivity contribution in [3.05, 3.63) is 22.2 Å². The van der Waals surface area contributed by atoms with Gasteiger partial charge in [-0.3, -0.25) is 0 Å². The molecule has 0 unspecified atom stereocenters. The maximum atomic E-state index is 10.7. The Morgan fingerprint density at radius 2 is 2.36 bits per heavy atom. The average Bonchev–Trinajstić information content (AvgIpc) is 2.16. The zero-order valence-electron chi connectivity index (χ0n) is 7.83. The highest BCUT2D eigenvalue weighted by atomic mass is 79.9. The number of carboxylic acid groups (broad SMARTS) is 1.